The molecule has 1 aromatic carbocycles. The van der Waals surface area contributed by atoms with E-state index in [-0.39, 0.29) is 11.8 Å². The zero-order chi connectivity index (χ0) is 31.6. The van der Waals surface area contributed by atoms with Crippen LogP contribution in [0.1, 0.15) is 83.6 Å². The van der Waals surface area contributed by atoms with E-state index in [1.807, 2.05) is 56.3 Å². The molecule has 44 heavy (non-hydrogen) atoms. The van der Waals surface area contributed by atoms with Gasteiger partial charge in [-0.3, -0.25) is 24.2 Å². The van der Waals surface area contributed by atoms with Gasteiger partial charge in [0.2, 0.25) is 11.8 Å². The number of hydrogen-bond donors (Lipinski definition) is 4. The molecule has 1 saturated carbocycles. The van der Waals surface area contributed by atoms with Crippen LogP contribution in [0.3, 0.4) is 0 Å². The van der Waals surface area contributed by atoms with Crippen molar-refractivity contribution in [1.82, 2.24) is 26.1 Å². The second kappa shape index (κ2) is 13.0. The fourth-order valence-electron chi connectivity index (χ4n) is 6.17. The van der Waals surface area contributed by atoms with E-state index in [0.717, 1.165) is 10.9 Å². The fourth-order valence-corrected chi connectivity index (χ4v) is 6.17. The lowest BCUT2D eigenvalue weighted by molar-refractivity contribution is -0.157. The van der Waals surface area contributed by atoms with Crippen molar-refractivity contribution in [2.45, 2.75) is 96.6 Å². The second-order valence-corrected chi connectivity index (χ2v) is 12.7. The smallest absolute Gasteiger partial charge is 0.325 e. The number of carbonyl (C=O) groups excluding carboxylic acids is 4. The Balaban J connectivity index is 1.53. The van der Waals surface area contributed by atoms with Gasteiger partial charge in [0.15, 0.2) is 0 Å². The number of esters is 1. The lowest BCUT2D eigenvalue weighted by Gasteiger charge is -2.37. The largest absolute Gasteiger partial charge is 0.455 e. The number of fused-ring (bicyclic) bond motifs is 4. The molecule has 0 radical (unpaired) electrons. The van der Waals surface area contributed by atoms with Crippen LogP contribution in [0.15, 0.2) is 36.4 Å². The molecule has 1 spiro atoms. The van der Waals surface area contributed by atoms with E-state index in [1.54, 1.807) is 13.8 Å². The maximum absolute atomic E-state index is 14.0. The summed E-state index contributed by atoms with van der Waals surface area (Å²) in [4.78, 5) is 58.7. The van der Waals surface area contributed by atoms with Crippen molar-refractivity contribution in [3.05, 3.63) is 47.7 Å². The van der Waals surface area contributed by atoms with Crippen LogP contribution in [-0.4, -0.2) is 69.6 Å². The van der Waals surface area contributed by atoms with Crippen LogP contribution in [0.4, 0.5) is 0 Å². The number of carbonyl (C=O) groups is 4. The molecule has 4 N–H and O–H groups in total. The zero-order valence-electron chi connectivity index (χ0n) is 25.8. The molecule has 236 valence electrons. The van der Waals surface area contributed by atoms with Gasteiger partial charge in [-0.05, 0) is 76.0 Å². The minimum Gasteiger partial charge on any atom is -0.455 e. The first-order chi connectivity index (χ1) is 21.0. The highest BCUT2D eigenvalue weighted by atomic mass is 16.5. The lowest BCUT2D eigenvalue weighted by atomic mass is 9.71. The molecule has 4 atom stereocenters. The number of aliphatic hydroxyl groups is 1. The highest BCUT2D eigenvalue weighted by molar-refractivity contribution is 5.94. The van der Waals surface area contributed by atoms with Crippen molar-refractivity contribution < 1.29 is 29.0 Å². The van der Waals surface area contributed by atoms with Crippen molar-refractivity contribution in [2.24, 2.45) is 11.3 Å². The van der Waals surface area contributed by atoms with E-state index in [0.29, 0.717) is 56.3 Å². The quantitative estimate of drug-likeness (QED) is 0.363. The standard InChI is InChI=1S/C33H43N5O6/c1-19(2)28-29(40)34-20(3)30(41)38-17-5-6-26(37-38)31(42)44-21(4)25-10-9-23-8-7-22(18-27(23)35-25)11-14-33(32(43)36-28)15-12-24(39)13-16-33/h7-11,14,18-21,24,26,28,37,39H,5-6,12-13,15-17H2,1-4H3,(H,34,40)(H,36,43)/b14-11+/t20-,21+,24?,26-,28?,33?/m0/s1. The van der Waals surface area contributed by atoms with E-state index in [9.17, 15) is 24.3 Å². The first-order valence-electron chi connectivity index (χ1n) is 15.6. The summed E-state index contributed by atoms with van der Waals surface area (Å²) in [6.45, 7) is 7.40. The molecule has 1 saturated heterocycles. The van der Waals surface area contributed by atoms with Crippen LogP contribution in [0.2, 0.25) is 0 Å². The third-order valence-corrected chi connectivity index (χ3v) is 9.04. The number of benzene rings is 1. The molecule has 1 aliphatic carbocycles. The summed E-state index contributed by atoms with van der Waals surface area (Å²) in [5.41, 5.74) is 4.21. The molecule has 11 heteroatoms. The molecule has 1 aromatic heterocycles. The second-order valence-electron chi connectivity index (χ2n) is 12.7. The Morgan fingerprint density at radius 1 is 1.02 bits per heavy atom. The van der Waals surface area contributed by atoms with Crippen LogP contribution in [0.25, 0.3) is 17.0 Å². The number of amides is 3. The van der Waals surface area contributed by atoms with Crippen LogP contribution in [0, 0.1) is 11.3 Å². The molecule has 5 bridgehead atoms. The number of aliphatic hydroxyl groups excluding tert-OH is 1. The Kier molecular flexibility index (Phi) is 9.36. The highest BCUT2D eigenvalue weighted by Gasteiger charge is 2.42. The van der Waals surface area contributed by atoms with E-state index in [1.165, 1.54) is 5.01 Å². The SMILES string of the molecule is CC(C)C1NC(=O)C2(/C=C/c3ccc4ccc(nc4c3)[C@@H](C)OC(=O)[C@@H]3CCCN(N3)C(=O)[C@H](C)NC1=O)CCC(O)CC2. The Morgan fingerprint density at radius 3 is 2.48 bits per heavy atom. The summed E-state index contributed by atoms with van der Waals surface area (Å²) < 4.78 is 5.78. The zero-order valence-corrected chi connectivity index (χ0v) is 25.8. The van der Waals surface area contributed by atoms with Crippen LogP contribution in [-0.2, 0) is 23.9 Å². The number of nitrogens with one attached hydrogen (secondary N) is 3. The third-order valence-electron chi connectivity index (χ3n) is 9.04. The number of aromatic nitrogens is 1. The van der Waals surface area contributed by atoms with Gasteiger partial charge in [-0.25, -0.2) is 10.4 Å². The first kappa shape index (κ1) is 31.6. The Labute approximate surface area is 257 Å². The van der Waals surface area contributed by atoms with E-state index in [2.05, 4.69) is 16.1 Å². The van der Waals surface area contributed by atoms with Gasteiger partial charge in [-0.1, -0.05) is 44.2 Å². The average molecular weight is 606 g/mol. The minimum atomic E-state index is -0.924. The molecule has 11 nitrogen and oxygen atoms in total. The summed E-state index contributed by atoms with van der Waals surface area (Å²) in [5, 5.41) is 18.3. The fraction of sp³-hybridized carbons (Fsp3) is 0.545. The number of hydrogen-bond acceptors (Lipinski definition) is 8. The normalized spacial score (nSPS) is 31.5. The predicted octanol–water partition coefficient (Wildman–Crippen LogP) is 2.93. The Hall–Kier alpha value is -3.83. The summed E-state index contributed by atoms with van der Waals surface area (Å²) >= 11 is 0. The molecule has 2 fully saturated rings. The van der Waals surface area contributed by atoms with Crippen molar-refractivity contribution >= 4 is 40.7 Å². The molecule has 3 amide bonds. The predicted molar refractivity (Wildman–Crippen MR) is 164 cm³/mol. The summed E-state index contributed by atoms with van der Waals surface area (Å²) in [7, 11) is 0. The van der Waals surface area contributed by atoms with E-state index >= 15 is 0 Å². The van der Waals surface area contributed by atoms with Gasteiger partial charge >= 0.3 is 5.97 Å². The van der Waals surface area contributed by atoms with Crippen molar-refractivity contribution in [3.8, 4) is 0 Å². The molecule has 2 aliphatic heterocycles. The Morgan fingerprint density at radius 2 is 1.75 bits per heavy atom. The molecule has 2 aromatic rings. The molecular weight excluding hydrogens is 562 g/mol. The van der Waals surface area contributed by atoms with Crippen LogP contribution < -0.4 is 16.1 Å². The molecule has 3 heterocycles. The molecule has 1 unspecified atom stereocenters. The number of cyclic esters (lactones) is 1. The van der Waals surface area contributed by atoms with E-state index < -0.39 is 53.5 Å². The molecular formula is C33H43N5O6. The lowest BCUT2D eigenvalue weighted by Crippen LogP contribution is -2.61. The number of pyridine rings is 1. The maximum atomic E-state index is 14.0. The molecule has 3 aliphatic rings. The first-order valence-corrected chi connectivity index (χ1v) is 15.6. The van der Waals surface area contributed by atoms with Gasteiger partial charge in [0.25, 0.3) is 5.91 Å². The van der Waals surface area contributed by atoms with Crippen molar-refractivity contribution in [3.63, 3.8) is 0 Å². The molecule has 5 rings (SSSR count). The summed E-state index contributed by atoms with van der Waals surface area (Å²) in [6, 6.07) is 7.07. The van der Waals surface area contributed by atoms with Crippen molar-refractivity contribution in [1.29, 1.82) is 0 Å². The van der Waals surface area contributed by atoms with Gasteiger partial charge in [0.05, 0.1) is 22.7 Å². The average Bonchev–Trinajstić information content (AvgIpc) is 3.01. The van der Waals surface area contributed by atoms with Gasteiger partial charge in [0, 0.05) is 11.9 Å². The van der Waals surface area contributed by atoms with E-state index in [4.69, 9.17) is 9.72 Å². The number of nitrogens with zero attached hydrogens (tertiary/aromatic N) is 2. The van der Waals surface area contributed by atoms with Gasteiger partial charge in [-0.15, -0.1) is 0 Å². The number of ether oxygens (including phenoxy) is 1. The Bertz CT molecular complexity index is 1450. The van der Waals surface area contributed by atoms with Gasteiger partial charge < -0.3 is 20.5 Å². The van der Waals surface area contributed by atoms with Gasteiger partial charge in [-0.2, -0.15) is 0 Å². The number of rotatable bonds is 1. The van der Waals surface area contributed by atoms with Crippen LogP contribution >= 0.6 is 0 Å². The van der Waals surface area contributed by atoms with Crippen molar-refractivity contribution in [2.75, 3.05) is 6.54 Å². The third kappa shape index (κ3) is 6.78. The van der Waals surface area contributed by atoms with Crippen LogP contribution in [0.5, 0.6) is 0 Å². The highest BCUT2D eigenvalue weighted by Crippen LogP contribution is 2.39. The summed E-state index contributed by atoms with van der Waals surface area (Å²) in [6.07, 6.45) is 5.53. The van der Waals surface area contributed by atoms with Gasteiger partial charge in [0.1, 0.15) is 24.2 Å². The monoisotopic (exact) mass is 605 g/mol. The summed E-state index contributed by atoms with van der Waals surface area (Å²) in [5.74, 6) is -1.89. The minimum absolute atomic E-state index is 0.256. The maximum Gasteiger partial charge on any atom is 0.325 e. The number of hydrazine groups is 1. The topological polar surface area (TPSA) is 150 Å².